The number of amides is 1. The second-order valence-electron chi connectivity index (χ2n) is 4.67. The Hall–Kier alpha value is -3.26. The normalized spacial score (nSPS) is 15.2. The van der Waals surface area contributed by atoms with E-state index < -0.39 is 0 Å². The average Bonchev–Trinajstić information content (AvgIpc) is 3.15. The van der Waals surface area contributed by atoms with Crippen LogP contribution in [0, 0.1) is 22.7 Å². The number of ether oxygens (including phenoxy) is 2. The molecule has 2 aliphatic heterocycles. The Morgan fingerprint density at radius 2 is 2.00 bits per heavy atom. The van der Waals surface area contributed by atoms with E-state index in [1.807, 2.05) is 0 Å². The van der Waals surface area contributed by atoms with Crippen molar-refractivity contribution in [3.05, 3.63) is 12.1 Å². The van der Waals surface area contributed by atoms with Crippen molar-refractivity contribution in [2.45, 2.75) is 12.8 Å². The van der Waals surface area contributed by atoms with Crippen molar-refractivity contribution in [2.75, 3.05) is 23.7 Å². The summed E-state index contributed by atoms with van der Waals surface area (Å²) in [5.41, 5.74) is 3.41. The van der Waals surface area contributed by atoms with E-state index in [1.165, 1.54) is 0 Å². The van der Waals surface area contributed by atoms with Crippen molar-refractivity contribution in [1.29, 1.82) is 10.5 Å². The van der Waals surface area contributed by atoms with Crippen LogP contribution in [0.1, 0.15) is 12.8 Å². The molecule has 0 saturated carbocycles. The van der Waals surface area contributed by atoms with E-state index in [-0.39, 0.29) is 18.4 Å². The zero-order valence-corrected chi connectivity index (χ0v) is 11.5. The Balaban J connectivity index is 2.00. The molecule has 1 amide bonds. The lowest BCUT2D eigenvalue weighted by atomic mass is 10.2. The van der Waals surface area contributed by atoms with Gasteiger partial charge in [0.25, 0.3) is 0 Å². The Bertz CT molecular complexity index is 728. The highest BCUT2D eigenvalue weighted by Gasteiger charge is 2.27. The number of hydrazone groups is 1. The minimum absolute atomic E-state index is 0.00619. The highest BCUT2D eigenvalue weighted by atomic mass is 16.7. The fraction of sp³-hybridized carbons (Fsp3) is 0.286. The number of hydrogen-bond donors (Lipinski definition) is 1. The van der Waals surface area contributed by atoms with Gasteiger partial charge in [-0.05, 0) is 6.42 Å². The van der Waals surface area contributed by atoms with Gasteiger partial charge in [-0.15, -0.1) is 0 Å². The molecule has 2 aliphatic rings. The quantitative estimate of drug-likeness (QED) is 0.666. The molecule has 0 unspecified atom stereocenters. The summed E-state index contributed by atoms with van der Waals surface area (Å²) in [6.45, 7) is 0.706. The van der Waals surface area contributed by atoms with E-state index in [1.54, 1.807) is 29.2 Å². The lowest BCUT2D eigenvalue weighted by Gasteiger charge is -2.19. The first-order valence-corrected chi connectivity index (χ1v) is 6.61. The predicted octanol–water partition coefficient (Wildman–Crippen LogP) is 1.36. The summed E-state index contributed by atoms with van der Waals surface area (Å²) in [5.74, 6) is 1.07. The van der Waals surface area contributed by atoms with Crippen LogP contribution in [0.5, 0.6) is 11.5 Å². The Morgan fingerprint density at radius 1 is 1.27 bits per heavy atom. The van der Waals surface area contributed by atoms with Crippen LogP contribution < -0.4 is 19.8 Å². The van der Waals surface area contributed by atoms with Crippen molar-refractivity contribution >= 4 is 23.0 Å². The van der Waals surface area contributed by atoms with Gasteiger partial charge in [-0.2, -0.15) is 15.6 Å². The fourth-order valence-electron chi connectivity index (χ4n) is 2.34. The summed E-state index contributed by atoms with van der Waals surface area (Å²) in [5, 5.41) is 21.2. The highest BCUT2D eigenvalue weighted by molar-refractivity contribution is 6.10. The summed E-state index contributed by atoms with van der Waals surface area (Å²) >= 11 is 0. The summed E-state index contributed by atoms with van der Waals surface area (Å²) in [6.07, 6.45) is 1.26. The smallest absolute Gasteiger partial charge is 0.237 e. The van der Waals surface area contributed by atoms with Gasteiger partial charge < -0.3 is 14.4 Å². The molecule has 0 atom stereocenters. The first-order valence-electron chi connectivity index (χ1n) is 6.61. The number of fused-ring (bicyclic) bond motifs is 1. The van der Waals surface area contributed by atoms with Crippen molar-refractivity contribution in [2.24, 2.45) is 5.10 Å². The van der Waals surface area contributed by atoms with Gasteiger partial charge in [0.1, 0.15) is 12.1 Å². The standard InChI is InChI=1S/C14H11N5O3/c15-6-9(7-16)17-18-10-4-12-13(22-8-21-12)5-11(10)19-3-1-2-14(19)20/h4-5,18H,1-3,8H2. The maximum Gasteiger partial charge on any atom is 0.237 e. The van der Waals surface area contributed by atoms with Gasteiger partial charge in [-0.1, -0.05) is 0 Å². The Labute approximate surface area is 126 Å². The zero-order chi connectivity index (χ0) is 15.5. The van der Waals surface area contributed by atoms with E-state index in [2.05, 4.69) is 10.5 Å². The molecule has 0 radical (unpaired) electrons. The number of hydrogen-bond acceptors (Lipinski definition) is 7. The van der Waals surface area contributed by atoms with Gasteiger partial charge in [-0.3, -0.25) is 10.2 Å². The van der Waals surface area contributed by atoms with Crippen LogP contribution >= 0.6 is 0 Å². The van der Waals surface area contributed by atoms with Crippen LogP contribution in [-0.4, -0.2) is 25.0 Å². The van der Waals surface area contributed by atoms with Crippen LogP contribution in [-0.2, 0) is 4.79 Å². The molecule has 22 heavy (non-hydrogen) atoms. The number of benzene rings is 1. The predicted molar refractivity (Wildman–Crippen MR) is 76.4 cm³/mol. The van der Waals surface area contributed by atoms with Crippen molar-refractivity contribution in [1.82, 2.24) is 0 Å². The molecular weight excluding hydrogens is 286 g/mol. The molecule has 3 rings (SSSR count). The van der Waals surface area contributed by atoms with E-state index in [0.717, 1.165) is 6.42 Å². The van der Waals surface area contributed by atoms with Crippen LogP contribution in [0.25, 0.3) is 0 Å². The Morgan fingerprint density at radius 3 is 2.64 bits per heavy atom. The van der Waals surface area contributed by atoms with Gasteiger partial charge in [0.05, 0.1) is 11.4 Å². The Kier molecular flexibility index (Phi) is 3.50. The topological polar surface area (TPSA) is 111 Å². The van der Waals surface area contributed by atoms with E-state index >= 15 is 0 Å². The summed E-state index contributed by atoms with van der Waals surface area (Å²) in [7, 11) is 0. The summed E-state index contributed by atoms with van der Waals surface area (Å²) < 4.78 is 10.6. The molecule has 1 N–H and O–H groups in total. The molecular formula is C14H11N5O3. The third-order valence-electron chi connectivity index (χ3n) is 3.36. The first kappa shape index (κ1) is 13.7. The van der Waals surface area contributed by atoms with E-state index in [0.29, 0.717) is 35.8 Å². The van der Waals surface area contributed by atoms with Gasteiger partial charge in [0, 0.05) is 25.1 Å². The number of rotatable bonds is 3. The fourth-order valence-corrected chi connectivity index (χ4v) is 2.34. The molecule has 110 valence electrons. The van der Waals surface area contributed by atoms with E-state index in [4.69, 9.17) is 20.0 Å². The average molecular weight is 297 g/mol. The molecule has 2 heterocycles. The molecule has 1 aromatic rings. The maximum atomic E-state index is 12.0. The number of carbonyl (C=O) groups is 1. The van der Waals surface area contributed by atoms with Gasteiger partial charge in [0.15, 0.2) is 11.5 Å². The molecule has 1 aromatic carbocycles. The second-order valence-corrected chi connectivity index (χ2v) is 4.67. The number of nitrogens with one attached hydrogen (secondary N) is 1. The zero-order valence-electron chi connectivity index (χ0n) is 11.5. The molecule has 0 aromatic heterocycles. The first-order chi connectivity index (χ1) is 10.7. The van der Waals surface area contributed by atoms with Crippen molar-refractivity contribution < 1.29 is 14.3 Å². The largest absolute Gasteiger partial charge is 0.454 e. The summed E-state index contributed by atoms with van der Waals surface area (Å²) in [4.78, 5) is 13.6. The van der Waals surface area contributed by atoms with Crippen molar-refractivity contribution in [3.63, 3.8) is 0 Å². The van der Waals surface area contributed by atoms with Gasteiger partial charge in [-0.25, -0.2) is 0 Å². The van der Waals surface area contributed by atoms with E-state index in [9.17, 15) is 4.79 Å². The number of anilines is 2. The maximum absolute atomic E-state index is 12.0. The van der Waals surface area contributed by atoms with Crippen LogP contribution in [0.4, 0.5) is 11.4 Å². The minimum atomic E-state index is -0.309. The number of nitrogens with zero attached hydrogens (tertiary/aromatic N) is 4. The monoisotopic (exact) mass is 297 g/mol. The highest BCUT2D eigenvalue weighted by Crippen LogP contribution is 2.42. The molecule has 1 saturated heterocycles. The molecule has 0 bridgehead atoms. The van der Waals surface area contributed by atoms with Crippen LogP contribution in [0.2, 0.25) is 0 Å². The molecule has 8 heteroatoms. The molecule has 0 aliphatic carbocycles. The second kappa shape index (κ2) is 5.62. The SMILES string of the molecule is N#CC(C#N)=NNc1cc2c(cc1N1CCCC1=O)OCO2. The summed E-state index contributed by atoms with van der Waals surface area (Å²) in [6, 6.07) is 6.66. The van der Waals surface area contributed by atoms with Gasteiger partial charge in [0.2, 0.25) is 18.4 Å². The molecule has 8 nitrogen and oxygen atoms in total. The van der Waals surface area contributed by atoms with Crippen LogP contribution in [0.15, 0.2) is 17.2 Å². The molecule has 0 spiro atoms. The third-order valence-corrected chi connectivity index (χ3v) is 3.36. The van der Waals surface area contributed by atoms with Crippen LogP contribution in [0.3, 0.4) is 0 Å². The van der Waals surface area contributed by atoms with Crippen molar-refractivity contribution in [3.8, 4) is 23.6 Å². The minimum Gasteiger partial charge on any atom is -0.454 e. The lowest BCUT2D eigenvalue weighted by Crippen LogP contribution is -2.24. The lowest BCUT2D eigenvalue weighted by molar-refractivity contribution is -0.117. The third kappa shape index (κ3) is 2.38. The van der Waals surface area contributed by atoms with Gasteiger partial charge >= 0.3 is 0 Å². The number of carbonyl (C=O) groups excluding carboxylic acids is 1. The molecule has 1 fully saturated rings. The number of nitriles is 2.